The highest BCUT2D eigenvalue weighted by Gasteiger charge is 2.43. The van der Waals surface area contributed by atoms with Crippen LogP contribution in [0.3, 0.4) is 0 Å². The Balaban J connectivity index is 1.38. The molecule has 1 N–H and O–H groups in total. The molecule has 3 aromatic rings. The van der Waals surface area contributed by atoms with Crippen LogP contribution >= 0.6 is 0 Å². The third-order valence-corrected chi connectivity index (χ3v) is 6.95. The molecule has 0 radical (unpaired) electrons. The van der Waals surface area contributed by atoms with Crippen LogP contribution in [0, 0.1) is 17.2 Å². The summed E-state index contributed by atoms with van der Waals surface area (Å²) in [5, 5.41) is 18.5. The summed E-state index contributed by atoms with van der Waals surface area (Å²) in [6.45, 7) is 5.26. The maximum absolute atomic E-state index is 13.6. The van der Waals surface area contributed by atoms with Crippen LogP contribution in [-0.2, 0) is 21.5 Å². The fourth-order valence-electron chi connectivity index (χ4n) is 5.13. The van der Waals surface area contributed by atoms with E-state index in [1.54, 1.807) is 38.6 Å². The summed E-state index contributed by atoms with van der Waals surface area (Å²) in [5.74, 6) is -1.74. The molecule has 9 nitrogen and oxygen atoms in total. The lowest BCUT2D eigenvalue weighted by Gasteiger charge is -2.23. The van der Waals surface area contributed by atoms with E-state index in [1.807, 2.05) is 18.2 Å². The first kappa shape index (κ1) is 23.3. The van der Waals surface area contributed by atoms with Gasteiger partial charge in [-0.05, 0) is 35.4 Å². The van der Waals surface area contributed by atoms with Gasteiger partial charge in [-0.2, -0.15) is 5.26 Å². The Morgan fingerprint density at radius 2 is 2.03 bits per heavy atom. The molecule has 0 saturated carbocycles. The zero-order valence-electron chi connectivity index (χ0n) is 20.0. The molecule has 9 heteroatoms. The Kier molecular flexibility index (Phi) is 5.59. The van der Waals surface area contributed by atoms with Gasteiger partial charge in [0.25, 0.3) is 0 Å². The van der Waals surface area contributed by atoms with Gasteiger partial charge in [-0.1, -0.05) is 32.0 Å². The molecule has 5 rings (SSSR count). The first-order valence-electron chi connectivity index (χ1n) is 11.7. The normalized spacial score (nSPS) is 18.2. The predicted molar refractivity (Wildman–Crippen MR) is 132 cm³/mol. The van der Waals surface area contributed by atoms with E-state index in [0.717, 1.165) is 16.8 Å². The summed E-state index contributed by atoms with van der Waals surface area (Å²) in [5.41, 5.74) is 3.63. The van der Waals surface area contributed by atoms with Gasteiger partial charge >= 0.3 is 5.97 Å². The first-order chi connectivity index (χ1) is 17.2. The van der Waals surface area contributed by atoms with Crippen LogP contribution in [0.4, 0.5) is 11.4 Å². The minimum atomic E-state index is -1.04. The molecule has 1 aromatic heterocycles. The molecule has 0 aliphatic carbocycles. The summed E-state index contributed by atoms with van der Waals surface area (Å²) in [4.78, 5) is 45.1. The van der Waals surface area contributed by atoms with Crippen molar-refractivity contribution in [2.24, 2.45) is 5.92 Å². The Morgan fingerprint density at radius 3 is 2.78 bits per heavy atom. The Labute approximate surface area is 208 Å². The van der Waals surface area contributed by atoms with Crippen molar-refractivity contribution in [3.63, 3.8) is 0 Å². The third kappa shape index (κ3) is 4.01. The highest BCUT2D eigenvalue weighted by molar-refractivity contribution is 6.05. The zero-order chi connectivity index (χ0) is 25.6. The molecule has 182 valence electrons. The number of carbonyl (C=O) groups excluding carboxylic acids is 2. The molecule has 2 amide bonds. The van der Waals surface area contributed by atoms with Crippen LogP contribution in [0.1, 0.15) is 47.4 Å². The molecule has 2 aliphatic heterocycles. The van der Waals surface area contributed by atoms with Gasteiger partial charge in [-0.3, -0.25) is 9.59 Å². The van der Waals surface area contributed by atoms with Gasteiger partial charge in [0.15, 0.2) is 0 Å². The van der Waals surface area contributed by atoms with Gasteiger partial charge in [-0.25, -0.2) is 9.78 Å². The lowest BCUT2D eigenvalue weighted by atomic mass is 9.86. The number of hydrogen-bond acceptors (Lipinski definition) is 5. The summed E-state index contributed by atoms with van der Waals surface area (Å²) < 4.78 is 1.58. The molecule has 1 fully saturated rings. The Morgan fingerprint density at radius 1 is 1.22 bits per heavy atom. The van der Waals surface area contributed by atoms with Gasteiger partial charge in [0.1, 0.15) is 5.69 Å². The van der Waals surface area contributed by atoms with Crippen molar-refractivity contribution in [2.75, 3.05) is 22.9 Å². The fraction of sp³-hybridized carbons (Fsp3) is 0.296. The van der Waals surface area contributed by atoms with Crippen LogP contribution in [-0.4, -0.2) is 45.5 Å². The Hall–Kier alpha value is -4.45. The average Bonchev–Trinajstić information content (AvgIpc) is 3.55. The molecule has 1 atom stereocenters. The number of rotatable bonds is 5. The highest BCUT2D eigenvalue weighted by atomic mass is 16.4. The molecule has 3 heterocycles. The number of hydrogen-bond donors (Lipinski definition) is 1. The minimum absolute atomic E-state index is 0.0929. The van der Waals surface area contributed by atoms with Gasteiger partial charge < -0.3 is 19.5 Å². The maximum atomic E-state index is 13.6. The van der Waals surface area contributed by atoms with Crippen molar-refractivity contribution in [3.8, 4) is 6.07 Å². The zero-order valence-corrected chi connectivity index (χ0v) is 20.0. The molecule has 1 saturated heterocycles. The molecule has 0 bridgehead atoms. The molecule has 2 aliphatic rings. The van der Waals surface area contributed by atoms with E-state index in [-0.39, 0.29) is 35.9 Å². The second kappa shape index (κ2) is 8.64. The number of aromatic carboxylic acids is 1. The lowest BCUT2D eigenvalue weighted by molar-refractivity contribution is -0.124. The number of carboxylic acids is 1. The molecular formula is C27H25N5O4. The van der Waals surface area contributed by atoms with Gasteiger partial charge in [0, 0.05) is 42.8 Å². The molecule has 36 heavy (non-hydrogen) atoms. The van der Waals surface area contributed by atoms with Crippen molar-refractivity contribution < 1.29 is 19.5 Å². The average molecular weight is 484 g/mol. The SMILES string of the molecule is CC1(C)CN(C(=O)C2CC(=O)N(c3cccc(C#N)c3)C2)c2ccc(Cn3cncc3C(=O)O)cc21. The number of amides is 2. The van der Waals surface area contributed by atoms with E-state index in [0.29, 0.717) is 24.3 Å². The molecule has 0 spiro atoms. The van der Waals surface area contributed by atoms with Gasteiger partial charge in [0.2, 0.25) is 11.8 Å². The third-order valence-electron chi connectivity index (χ3n) is 6.95. The summed E-state index contributed by atoms with van der Waals surface area (Å²) in [6.07, 6.45) is 2.94. The quantitative estimate of drug-likeness (QED) is 0.595. The number of imidazole rings is 1. The van der Waals surface area contributed by atoms with Gasteiger partial charge in [0.05, 0.1) is 30.1 Å². The van der Waals surface area contributed by atoms with Crippen molar-refractivity contribution in [3.05, 3.63) is 77.4 Å². The van der Waals surface area contributed by atoms with E-state index < -0.39 is 11.9 Å². The van der Waals surface area contributed by atoms with Crippen molar-refractivity contribution in [1.82, 2.24) is 9.55 Å². The van der Waals surface area contributed by atoms with E-state index in [4.69, 9.17) is 0 Å². The largest absolute Gasteiger partial charge is 0.477 e. The second-order valence-corrected chi connectivity index (χ2v) is 9.94. The lowest BCUT2D eigenvalue weighted by Crippen LogP contribution is -2.39. The topological polar surface area (TPSA) is 120 Å². The van der Waals surface area contributed by atoms with E-state index in [9.17, 15) is 24.8 Å². The predicted octanol–water partition coefficient (Wildman–Crippen LogP) is 3.18. The van der Waals surface area contributed by atoms with Crippen molar-refractivity contribution in [2.45, 2.75) is 32.2 Å². The second-order valence-electron chi connectivity index (χ2n) is 9.94. The summed E-state index contributed by atoms with van der Waals surface area (Å²) in [7, 11) is 0. The standard InChI is InChI=1S/C27H25N5O4/c1-27(2)15-32(22-7-6-18(9-21(22)27)13-30-16-29-12-23(30)26(35)36)25(34)19-10-24(33)31(14-19)20-5-3-4-17(8-20)11-28/h3-9,12,16,19H,10,13-15H2,1-2H3,(H,35,36). The summed E-state index contributed by atoms with van der Waals surface area (Å²) >= 11 is 0. The molecule has 2 aromatic carbocycles. The van der Waals surface area contributed by atoms with Gasteiger partial charge in [-0.15, -0.1) is 0 Å². The smallest absolute Gasteiger partial charge is 0.354 e. The monoisotopic (exact) mass is 483 g/mol. The first-order valence-corrected chi connectivity index (χ1v) is 11.7. The number of fused-ring (bicyclic) bond motifs is 1. The minimum Gasteiger partial charge on any atom is -0.477 e. The van der Waals surface area contributed by atoms with Crippen LogP contribution in [0.2, 0.25) is 0 Å². The molecular weight excluding hydrogens is 458 g/mol. The van der Waals surface area contributed by atoms with Crippen molar-refractivity contribution >= 4 is 29.2 Å². The summed E-state index contributed by atoms with van der Waals surface area (Å²) in [6, 6.07) is 14.8. The van der Waals surface area contributed by atoms with E-state index in [1.165, 1.54) is 12.5 Å². The van der Waals surface area contributed by atoms with Crippen LogP contribution < -0.4 is 9.80 Å². The van der Waals surface area contributed by atoms with Crippen LogP contribution in [0.25, 0.3) is 0 Å². The van der Waals surface area contributed by atoms with Crippen LogP contribution in [0.5, 0.6) is 0 Å². The Bertz CT molecular complexity index is 1430. The number of nitriles is 1. The number of nitrogens with zero attached hydrogens (tertiary/aromatic N) is 5. The molecule has 1 unspecified atom stereocenters. The number of aromatic nitrogens is 2. The van der Waals surface area contributed by atoms with Crippen LogP contribution in [0.15, 0.2) is 55.0 Å². The number of carboxylic acid groups (broad SMARTS) is 1. The number of benzene rings is 2. The van der Waals surface area contributed by atoms with E-state index in [2.05, 4.69) is 24.9 Å². The maximum Gasteiger partial charge on any atom is 0.354 e. The van der Waals surface area contributed by atoms with E-state index >= 15 is 0 Å². The fourth-order valence-corrected chi connectivity index (χ4v) is 5.13. The van der Waals surface area contributed by atoms with Crippen molar-refractivity contribution in [1.29, 1.82) is 5.26 Å². The number of anilines is 2. The number of carbonyl (C=O) groups is 3. The highest BCUT2D eigenvalue weighted by Crippen LogP contribution is 2.42.